The Morgan fingerprint density at radius 2 is 1.95 bits per heavy atom. The number of nitrogen functional groups attached to an aromatic ring is 1. The molecule has 5 rings (SSSR count). The van der Waals surface area contributed by atoms with Crippen molar-refractivity contribution in [3.63, 3.8) is 0 Å². The Balaban J connectivity index is 1.30. The van der Waals surface area contributed by atoms with E-state index in [-0.39, 0.29) is 24.3 Å². The van der Waals surface area contributed by atoms with Crippen molar-refractivity contribution in [2.45, 2.75) is 75.9 Å². The van der Waals surface area contributed by atoms with Gasteiger partial charge >= 0.3 is 0 Å². The average Bonchev–Trinajstić information content (AvgIpc) is 3.45. The number of carbonyl (C=O) groups is 2. The maximum atomic E-state index is 14.0. The second-order valence-corrected chi connectivity index (χ2v) is 12.0. The fourth-order valence-electron chi connectivity index (χ4n) is 7.39. The van der Waals surface area contributed by atoms with Crippen molar-refractivity contribution in [2.75, 3.05) is 31.2 Å². The highest BCUT2D eigenvalue weighted by Crippen LogP contribution is 2.62. The van der Waals surface area contributed by atoms with Crippen LogP contribution in [0.15, 0.2) is 46.1 Å². The van der Waals surface area contributed by atoms with E-state index in [0.29, 0.717) is 41.0 Å². The van der Waals surface area contributed by atoms with Gasteiger partial charge < -0.3 is 26.2 Å². The maximum Gasteiger partial charge on any atom is 0.256 e. The van der Waals surface area contributed by atoms with Crippen LogP contribution in [-0.4, -0.2) is 66.1 Å². The smallest absolute Gasteiger partial charge is 0.256 e. The quantitative estimate of drug-likeness (QED) is 0.305. The van der Waals surface area contributed by atoms with Gasteiger partial charge in [0.2, 0.25) is 5.91 Å². The normalized spacial score (nSPS) is 28.6. The van der Waals surface area contributed by atoms with Gasteiger partial charge in [-0.25, -0.2) is 0 Å². The summed E-state index contributed by atoms with van der Waals surface area (Å²) in [5.74, 6) is 0.153. The van der Waals surface area contributed by atoms with E-state index in [1.807, 2.05) is 23.1 Å². The van der Waals surface area contributed by atoms with Crippen molar-refractivity contribution in [1.82, 2.24) is 15.1 Å². The number of hydrogen-bond donors (Lipinski definition) is 3. The molecule has 3 atom stereocenters. The van der Waals surface area contributed by atoms with Crippen LogP contribution < -0.4 is 16.4 Å². The number of allylic oxidation sites excluding steroid dienone is 1. The number of carbonyl (C=O) groups excluding carboxylic acids is 2. The van der Waals surface area contributed by atoms with E-state index in [1.54, 1.807) is 13.3 Å². The molecular formula is C29H39BrN6O2. The van der Waals surface area contributed by atoms with Gasteiger partial charge in [0.15, 0.2) is 0 Å². The molecule has 0 radical (unpaired) electrons. The number of halogens is 1. The second kappa shape index (κ2) is 11.1. The Hall–Kier alpha value is -2.81. The number of rotatable bonds is 8. The molecule has 0 bridgehead atoms. The van der Waals surface area contributed by atoms with Crippen LogP contribution >= 0.6 is 15.9 Å². The largest absolute Gasteiger partial charge is 0.397 e. The number of nitrogens with two attached hydrogens (primary N) is 1. The minimum atomic E-state index is 0.0197. The molecule has 1 spiro atoms. The van der Waals surface area contributed by atoms with Gasteiger partial charge in [0, 0.05) is 72.7 Å². The number of anilines is 2. The number of nitrogens with one attached hydrogen (secondary N) is 2. The van der Waals surface area contributed by atoms with Gasteiger partial charge in [-0.2, -0.15) is 0 Å². The molecule has 2 saturated heterocycles. The summed E-state index contributed by atoms with van der Waals surface area (Å²) in [5.41, 5.74) is 9.53. The van der Waals surface area contributed by atoms with Crippen LogP contribution in [0.2, 0.25) is 0 Å². The van der Waals surface area contributed by atoms with Gasteiger partial charge in [0.25, 0.3) is 5.91 Å². The standard InChI is InChI=1S/C29H39BrN6O2/c1-3-33-17-20(32-2)10-11-26(37)35-14-6-7-21(18-35)34-27-22(15-19(30)16-23(27)31)28(38)36-24-8-4-12-29(24)13-5-9-25(29)36/h3,10,15-17,21,24-25,32,34H,1,4-9,11-14,18,31H2,2H3/b20-10+,33-17-/t21-,24?,25?,29?/m1/s1. The minimum Gasteiger partial charge on any atom is -0.397 e. The summed E-state index contributed by atoms with van der Waals surface area (Å²) in [6.07, 6.45) is 14.2. The zero-order valence-electron chi connectivity index (χ0n) is 22.2. The molecule has 2 heterocycles. The molecule has 0 aromatic heterocycles. The zero-order chi connectivity index (χ0) is 26.9. The molecule has 2 amide bonds. The summed E-state index contributed by atoms with van der Waals surface area (Å²) in [5, 5.41) is 6.63. The number of nitrogens with zero attached hydrogens (tertiary/aromatic N) is 3. The zero-order valence-corrected chi connectivity index (χ0v) is 23.8. The molecule has 2 aliphatic carbocycles. The van der Waals surface area contributed by atoms with Crippen LogP contribution in [0.5, 0.6) is 0 Å². The summed E-state index contributed by atoms with van der Waals surface area (Å²) >= 11 is 3.56. The van der Waals surface area contributed by atoms with E-state index in [9.17, 15) is 9.59 Å². The van der Waals surface area contributed by atoms with E-state index in [0.717, 1.165) is 42.4 Å². The number of benzene rings is 1. The molecule has 38 heavy (non-hydrogen) atoms. The molecule has 1 aromatic carbocycles. The third-order valence-electron chi connectivity index (χ3n) is 9.06. The Kier molecular flexibility index (Phi) is 7.84. The lowest BCUT2D eigenvalue weighted by Crippen LogP contribution is -2.68. The third-order valence-corrected chi connectivity index (χ3v) is 9.52. The average molecular weight is 584 g/mol. The van der Waals surface area contributed by atoms with Crippen molar-refractivity contribution in [3.05, 3.63) is 46.7 Å². The van der Waals surface area contributed by atoms with Crippen molar-refractivity contribution in [2.24, 2.45) is 10.4 Å². The molecule has 2 saturated carbocycles. The predicted octanol–water partition coefficient (Wildman–Crippen LogP) is 4.69. The highest BCUT2D eigenvalue weighted by Gasteiger charge is 2.65. The molecule has 1 aromatic rings. The molecule has 204 valence electrons. The Morgan fingerprint density at radius 3 is 2.63 bits per heavy atom. The van der Waals surface area contributed by atoms with Crippen molar-refractivity contribution in [3.8, 4) is 0 Å². The van der Waals surface area contributed by atoms with Gasteiger partial charge in [0.1, 0.15) is 0 Å². The molecule has 4 N–H and O–H groups in total. The van der Waals surface area contributed by atoms with Crippen molar-refractivity contribution >= 4 is 45.3 Å². The number of hydrogen-bond acceptors (Lipinski definition) is 6. The lowest BCUT2D eigenvalue weighted by Gasteiger charge is -2.58. The summed E-state index contributed by atoms with van der Waals surface area (Å²) in [6, 6.07) is 4.51. The molecule has 2 unspecified atom stereocenters. The van der Waals surface area contributed by atoms with Crippen LogP contribution in [0.4, 0.5) is 11.4 Å². The first-order valence-corrected chi connectivity index (χ1v) is 14.6. The first kappa shape index (κ1) is 26.8. The van der Waals surface area contributed by atoms with Crippen LogP contribution in [0.1, 0.15) is 68.1 Å². The van der Waals surface area contributed by atoms with Gasteiger partial charge in [-0.15, -0.1) is 0 Å². The molecule has 4 aliphatic rings. The van der Waals surface area contributed by atoms with E-state index >= 15 is 0 Å². The lowest BCUT2D eigenvalue weighted by molar-refractivity contribution is -0.131. The number of aliphatic imine (C=N–C) groups is 1. The Labute approximate surface area is 233 Å². The Bertz CT molecular complexity index is 1140. The molecule has 4 fully saturated rings. The molecular weight excluding hydrogens is 544 g/mol. The topological polar surface area (TPSA) is 103 Å². The van der Waals surface area contributed by atoms with E-state index in [4.69, 9.17) is 5.73 Å². The summed E-state index contributed by atoms with van der Waals surface area (Å²) < 4.78 is 0.807. The van der Waals surface area contributed by atoms with Gasteiger partial charge in [-0.3, -0.25) is 14.6 Å². The van der Waals surface area contributed by atoms with Crippen LogP contribution in [0, 0.1) is 5.41 Å². The fourth-order valence-corrected chi connectivity index (χ4v) is 7.86. The lowest BCUT2D eigenvalue weighted by atomic mass is 9.68. The van der Waals surface area contributed by atoms with Gasteiger partial charge in [0.05, 0.1) is 16.9 Å². The van der Waals surface area contributed by atoms with Crippen molar-refractivity contribution in [1.29, 1.82) is 0 Å². The monoisotopic (exact) mass is 582 g/mol. The van der Waals surface area contributed by atoms with E-state index in [2.05, 4.69) is 43.0 Å². The van der Waals surface area contributed by atoms with Gasteiger partial charge in [-0.1, -0.05) is 41.4 Å². The van der Waals surface area contributed by atoms with Crippen LogP contribution in [0.25, 0.3) is 0 Å². The van der Waals surface area contributed by atoms with Crippen LogP contribution in [0.3, 0.4) is 0 Å². The first-order valence-electron chi connectivity index (χ1n) is 13.9. The SMILES string of the molecule is C=C/N=C\C(=C/CC(=O)N1CCC[C@@H](Nc2c(N)cc(Br)cc2C(=O)N2C3CCCC34CCCC24)C1)NC. The van der Waals surface area contributed by atoms with Gasteiger partial charge in [-0.05, 0) is 50.7 Å². The highest BCUT2D eigenvalue weighted by molar-refractivity contribution is 9.10. The molecule has 9 heteroatoms. The molecule has 8 nitrogen and oxygen atoms in total. The number of likely N-dealkylation sites (tertiary alicyclic amines) is 2. The Morgan fingerprint density at radius 1 is 1.21 bits per heavy atom. The van der Waals surface area contributed by atoms with E-state index < -0.39 is 0 Å². The third kappa shape index (κ3) is 4.85. The summed E-state index contributed by atoms with van der Waals surface area (Å²) in [7, 11) is 1.80. The van der Waals surface area contributed by atoms with E-state index in [1.165, 1.54) is 31.9 Å². The fraction of sp³-hybridized carbons (Fsp3) is 0.552. The predicted molar refractivity (Wildman–Crippen MR) is 156 cm³/mol. The number of piperidine rings is 1. The highest BCUT2D eigenvalue weighted by atomic mass is 79.9. The number of amides is 2. The van der Waals surface area contributed by atoms with Crippen LogP contribution in [-0.2, 0) is 4.79 Å². The second-order valence-electron chi connectivity index (χ2n) is 11.1. The first-order chi connectivity index (χ1) is 18.4. The van der Waals surface area contributed by atoms with Crippen molar-refractivity contribution < 1.29 is 9.59 Å². The minimum absolute atomic E-state index is 0.0197. The molecule has 2 aliphatic heterocycles. The summed E-state index contributed by atoms with van der Waals surface area (Å²) in [4.78, 5) is 35.1. The summed E-state index contributed by atoms with van der Waals surface area (Å²) in [6.45, 7) is 4.88. The maximum absolute atomic E-state index is 14.0.